The van der Waals surface area contributed by atoms with Crippen LogP contribution in [-0.4, -0.2) is 17.0 Å². The Morgan fingerprint density at radius 1 is 1.56 bits per heavy atom. The van der Waals surface area contributed by atoms with Crippen LogP contribution in [0.15, 0.2) is 9.41 Å². The lowest BCUT2D eigenvalue weighted by Crippen LogP contribution is -2.36. The molecule has 1 heterocycles. The zero-order valence-corrected chi connectivity index (χ0v) is 10.4. The molecule has 0 aliphatic heterocycles. The summed E-state index contributed by atoms with van der Waals surface area (Å²) in [5.41, 5.74) is 6.58. The highest BCUT2D eigenvalue weighted by atomic mass is 16.4. The van der Waals surface area contributed by atoms with Crippen molar-refractivity contribution in [2.75, 3.05) is 0 Å². The third kappa shape index (κ3) is 3.56. The first kappa shape index (κ1) is 12.5. The van der Waals surface area contributed by atoms with E-state index in [-0.39, 0.29) is 6.04 Å². The van der Waals surface area contributed by atoms with Crippen molar-refractivity contribution in [3.63, 3.8) is 0 Å². The van der Waals surface area contributed by atoms with Crippen molar-refractivity contribution >= 4 is 5.96 Å². The van der Waals surface area contributed by atoms with Gasteiger partial charge in [0.25, 0.3) is 0 Å². The van der Waals surface area contributed by atoms with Crippen molar-refractivity contribution < 1.29 is 4.42 Å². The van der Waals surface area contributed by atoms with Gasteiger partial charge < -0.3 is 15.5 Å². The van der Waals surface area contributed by atoms with Gasteiger partial charge in [0.2, 0.25) is 0 Å². The number of nitrogens with one attached hydrogen (secondary N) is 1. The SMILES string of the molecule is CCc1nc(C)c(CN=C(N)NC(C)C)o1. The fourth-order valence-corrected chi connectivity index (χ4v) is 1.28. The summed E-state index contributed by atoms with van der Waals surface area (Å²) in [6, 6.07) is 0.283. The van der Waals surface area contributed by atoms with E-state index in [4.69, 9.17) is 10.2 Å². The van der Waals surface area contributed by atoms with Crippen LogP contribution >= 0.6 is 0 Å². The van der Waals surface area contributed by atoms with E-state index in [0.717, 1.165) is 23.8 Å². The van der Waals surface area contributed by atoms with E-state index in [1.165, 1.54) is 0 Å². The molecule has 0 atom stereocenters. The first-order valence-corrected chi connectivity index (χ1v) is 5.54. The van der Waals surface area contributed by atoms with E-state index in [9.17, 15) is 0 Å². The van der Waals surface area contributed by atoms with Gasteiger partial charge in [0.1, 0.15) is 12.3 Å². The fourth-order valence-electron chi connectivity index (χ4n) is 1.28. The molecular weight excluding hydrogens is 204 g/mol. The summed E-state index contributed by atoms with van der Waals surface area (Å²) in [7, 11) is 0. The third-order valence-corrected chi connectivity index (χ3v) is 2.07. The van der Waals surface area contributed by atoms with Gasteiger partial charge in [-0.05, 0) is 20.8 Å². The minimum Gasteiger partial charge on any atom is -0.443 e. The minimum atomic E-state index is 0.283. The van der Waals surface area contributed by atoms with Crippen molar-refractivity contribution in [2.24, 2.45) is 10.7 Å². The topological polar surface area (TPSA) is 76.4 Å². The first-order chi connectivity index (χ1) is 7.52. The van der Waals surface area contributed by atoms with Crippen molar-refractivity contribution in [2.45, 2.75) is 46.7 Å². The van der Waals surface area contributed by atoms with Crippen LogP contribution < -0.4 is 11.1 Å². The van der Waals surface area contributed by atoms with Crippen molar-refractivity contribution in [1.82, 2.24) is 10.3 Å². The second-order valence-corrected chi connectivity index (χ2v) is 3.97. The van der Waals surface area contributed by atoms with Gasteiger partial charge in [-0.1, -0.05) is 6.92 Å². The summed E-state index contributed by atoms with van der Waals surface area (Å²) in [5, 5.41) is 3.02. The predicted octanol–water partition coefficient (Wildman–Crippen LogP) is 1.36. The third-order valence-electron chi connectivity index (χ3n) is 2.07. The Morgan fingerprint density at radius 3 is 2.75 bits per heavy atom. The molecule has 1 rings (SSSR count). The zero-order chi connectivity index (χ0) is 12.1. The molecule has 0 radical (unpaired) electrons. The molecule has 1 aromatic rings. The molecule has 0 aliphatic rings. The molecular formula is C11H20N4O. The molecule has 0 bridgehead atoms. The predicted molar refractivity (Wildman–Crippen MR) is 64.2 cm³/mol. The Balaban J connectivity index is 2.62. The molecule has 90 valence electrons. The average Bonchev–Trinajstić information content (AvgIpc) is 2.55. The van der Waals surface area contributed by atoms with Crippen LogP contribution in [0.2, 0.25) is 0 Å². The van der Waals surface area contributed by atoms with E-state index in [1.54, 1.807) is 0 Å². The molecule has 0 amide bonds. The summed E-state index contributed by atoms with van der Waals surface area (Å²) in [6.45, 7) is 8.38. The van der Waals surface area contributed by atoms with Crippen LogP contribution in [0.25, 0.3) is 0 Å². The Morgan fingerprint density at radius 2 is 2.25 bits per heavy atom. The smallest absolute Gasteiger partial charge is 0.194 e. The maximum Gasteiger partial charge on any atom is 0.194 e. The second-order valence-electron chi connectivity index (χ2n) is 3.97. The number of aryl methyl sites for hydroxylation is 2. The van der Waals surface area contributed by atoms with Crippen LogP contribution in [0, 0.1) is 6.92 Å². The minimum absolute atomic E-state index is 0.283. The van der Waals surface area contributed by atoms with Crippen LogP contribution in [0.1, 0.15) is 38.1 Å². The van der Waals surface area contributed by atoms with Gasteiger partial charge in [0.15, 0.2) is 11.9 Å². The van der Waals surface area contributed by atoms with Crippen molar-refractivity contribution in [3.05, 3.63) is 17.3 Å². The molecule has 0 spiro atoms. The molecule has 5 nitrogen and oxygen atoms in total. The lowest BCUT2D eigenvalue weighted by atomic mass is 10.4. The average molecular weight is 224 g/mol. The number of nitrogens with two attached hydrogens (primary N) is 1. The molecule has 0 fully saturated rings. The van der Waals surface area contributed by atoms with Crippen molar-refractivity contribution in [1.29, 1.82) is 0 Å². The summed E-state index contributed by atoms with van der Waals surface area (Å²) in [4.78, 5) is 8.46. The summed E-state index contributed by atoms with van der Waals surface area (Å²) < 4.78 is 5.52. The first-order valence-electron chi connectivity index (χ1n) is 5.54. The number of hydrogen-bond donors (Lipinski definition) is 2. The standard InChI is InChI=1S/C11H20N4O/c1-5-10-15-8(4)9(16-10)6-13-11(12)14-7(2)3/h7H,5-6H2,1-4H3,(H3,12,13,14). The number of aliphatic imine (C=N–C) groups is 1. The van der Waals surface area contributed by atoms with Gasteiger partial charge in [-0.2, -0.15) is 0 Å². The number of hydrogen-bond acceptors (Lipinski definition) is 3. The quantitative estimate of drug-likeness (QED) is 0.598. The van der Waals surface area contributed by atoms with Crippen LogP contribution in [0.3, 0.4) is 0 Å². The largest absolute Gasteiger partial charge is 0.443 e. The van der Waals surface area contributed by atoms with Crippen LogP contribution in [0.5, 0.6) is 0 Å². The Kier molecular flexibility index (Phi) is 4.34. The number of rotatable bonds is 4. The van der Waals surface area contributed by atoms with Crippen molar-refractivity contribution in [3.8, 4) is 0 Å². The maximum atomic E-state index is 5.69. The highest BCUT2D eigenvalue weighted by molar-refractivity contribution is 5.77. The monoisotopic (exact) mass is 224 g/mol. The summed E-state index contributed by atoms with van der Waals surface area (Å²) >= 11 is 0. The number of aromatic nitrogens is 1. The highest BCUT2D eigenvalue weighted by Gasteiger charge is 2.07. The lowest BCUT2D eigenvalue weighted by Gasteiger charge is -2.07. The zero-order valence-electron chi connectivity index (χ0n) is 10.4. The van der Waals surface area contributed by atoms with E-state index in [0.29, 0.717) is 12.5 Å². The fraction of sp³-hybridized carbons (Fsp3) is 0.636. The molecule has 1 aromatic heterocycles. The van der Waals surface area contributed by atoms with Crippen LogP contribution in [-0.2, 0) is 13.0 Å². The van der Waals surface area contributed by atoms with E-state index < -0.39 is 0 Å². The summed E-state index contributed by atoms with van der Waals surface area (Å²) in [5.74, 6) is 1.97. The number of guanidine groups is 1. The van der Waals surface area contributed by atoms with E-state index in [2.05, 4.69) is 15.3 Å². The molecule has 0 aliphatic carbocycles. The van der Waals surface area contributed by atoms with Gasteiger partial charge in [0, 0.05) is 12.5 Å². The van der Waals surface area contributed by atoms with E-state index >= 15 is 0 Å². The molecule has 5 heteroatoms. The molecule has 0 unspecified atom stereocenters. The Bertz CT molecular complexity index is 368. The van der Waals surface area contributed by atoms with Gasteiger partial charge in [-0.15, -0.1) is 0 Å². The summed E-state index contributed by atoms with van der Waals surface area (Å²) in [6.07, 6.45) is 0.796. The van der Waals surface area contributed by atoms with Crippen LogP contribution in [0.4, 0.5) is 0 Å². The maximum absolute atomic E-state index is 5.69. The molecule has 0 saturated carbocycles. The second kappa shape index (κ2) is 5.53. The molecule has 3 N–H and O–H groups in total. The number of oxazole rings is 1. The van der Waals surface area contributed by atoms with Gasteiger partial charge in [-0.3, -0.25) is 0 Å². The lowest BCUT2D eigenvalue weighted by molar-refractivity contribution is 0.460. The van der Waals surface area contributed by atoms with Gasteiger partial charge in [0.05, 0.1) is 5.69 Å². The normalized spacial score (nSPS) is 12.2. The van der Waals surface area contributed by atoms with E-state index in [1.807, 2.05) is 27.7 Å². The highest BCUT2D eigenvalue weighted by Crippen LogP contribution is 2.11. The molecule has 0 saturated heterocycles. The van der Waals surface area contributed by atoms with Gasteiger partial charge >= 0.3 is 0 Å². The molecule has 16 heavy (non-hydrogen) atoms. The number of nitrogens with zero attached hydrogens (tertiary/aromatic N) is 2. The molecule has 0 aromatic carbocycles. The Hall–Kier alpha value is -1.52. The van der Waals surface area contributed by atoms with Gasteiger partial charge in [-0.25, -0.2) is 9.98 Å². The Labute approximate surface area is 96.1 Å².